The first-order valence-electron chi connectivity index (χ1n) is 7.30. The molecule has 0 spiro atoms. The molecule has 0 atom stereocenters. The summed E-state index contributed by atoms with van der Waals surface area (Å²) < 4.78 is 1.13. The number of hydrogen-bond acceptors (Lipinski definition) is 0. The number of rotatable bonds is 1. The van der Waals surface area contributed by atoms with Crippen molar-refractivity contribution in [2.24, 2.45) is 0 Å². The predicted molar refractivity (Wildman–Crippen MR) is 94.4 cm³/mol. The van der Waals surface area contributed by atoms with E-state index in [9.17, 15) is 0 Å². The van der Waals surface area contributed by atoms with Crippen molar-refractivity contribution in [2.75, 3.05) is 0 Å². The van der Waals surface area contributed by atoms with Crippen molar-refractivity contribution < 1.29 is 0 Å². The number of allylic oxidation sites excluding steroid dienone is 1. The van der Waals surface area contributed by atoms with Gasteiger partial charge in [0.15, 0.2) is 0 Å². The molecule has 0 saturated carbocycles. The molecule has 0 aliphatic heterocycles. The summed E-state index contributed by atoms with van der Waals surface area (Å²) in [7, 11) is 0. The lowest BCUT2D eigenvalue weighted by atomic mass is 9.86. The first-order valence-corrected chi connectivity index (χ1v) is 8.09. The van der Waals surface area contributed by atoms with Crippen LogP contribution in [0.1, 0.15) is 17.5 Å². The van der Waals surface area contributed by atoms with Crippen LogP contribution < -0.4 is 0 Å². The molecule has 1 aliphatic rings. The molecule has 0 unspecified atom stereocenters. The third-order valence-corrected chi connectivity index (χ3v) is 4.73. The zero-order chi connectivity index (χ0) is 14.2. The molecule has 0 nitrogen and oxygen atoms in total. The maximum atomic E-state index is 3.52. The Labute approximate surface area is 133 Å². The van der Waals surface area contributed by atoms with E-state index in [1.165, 1.54) is 33.0 Å². The van der Waals surface area contributed by atoms with Gasteiger partial charge in [-0.05, 0) is 64.1 Å². The Hall–Kier alpha value is -1.86. The lowest BCUT2D eigenvalue weighted by Gasteiger charge is -2.19. The van der Waals surface area contributed by atoms with E-state index in [1.807, 2.05) is 0 Å². The second kappa shape index (κ2) is 5.16. The van der Waals surface area contributed by atoms with Gasteiger partial charge in [-0.3, -0.25) is 0 Å². The fourth-order valence-corrected chi connectivity index (χ4v) is 3.46. The van der Waals surface area contributed by atoms with Crippen molar-refractivity contribution in [1.82, 2.24) is 0 Å². The van der Waals surface area contributed by atoms with Gasteiger partial charge in [0.05, 0.1) is 0 Å². The highest BCUT2D eigenvalue weighted by atomic mass is 79.9. The smallest absolute Gasteiger partial charge is 0.0175 e. The van der Waals surface area contributed by atoms with Gasteiger partial charge in [0, 0.05) is 4.47 Å². The monoisotopic (exact) mass is 334 g/mol. The molecule has 4 rings (SSSR count). The van der Waals surface area contributed by atoms with Crippen molar-refractivity contribution in [2.45, 2.75) is 12.8 Å². The van der Waals surface area contributed by atoms with Crippen LogP contribution >= 0.6 is 15.9 Å². The molecule has 3 aromatic rings. The number of fused-ring (bicyclic) bond motifs is 3. The second-order valence-corrected chi connectivity index (χ2v) is 6.40. The SMILES string of the molecule is Brc1ccc(-c2cc3ccccc3c3c2CCC=C3)cc1. The molecule has 102 valence electrons. The molecule has 0 fully saturated rings. The van der Waals surface area contributed by atoms with Gasteiger partial charge in [0.2, 0.25) is 0 Å². The molecule has 0 N–H and O–H groups in total. The fraction of sp³-hybridized carbons (Fsp3) is 0.100. The van der Waals surface area contributed by atoms with Crippen LogP contribution in [0.15, 0.2) is 65.1 Å². The van der Waals surface area contributed by atoms with E-state index in [1.54, 1.807) is 0 Å². The minimum Gasteiger partial charge on any atom is -0.0836 e. The zero-order valence-electron chi connectivity index (χ0n) is 11.6. The standard InChI is InChI=1S/C20H15Br/c21-16-11-9-14(10-12-16)20-13-15-5-1-2-6-17(15)18-7-3-4-8-19(18)20/h1-3,5-7,9-13H,4,8H2. The maximum absolute atomic E-state index is 3.52. The van der Waals surface area contributed by atoms with Crippen LogP contribution in [0.25, 0.3) is 28.0 Å². The summed E-state index contributed by atoms with van der Waals surface area (Å²) in [6, 6.07) is 19.7. The van der Waals surface area contributed by atoms with E-state index < -0.39 is 0 Å². The number of halogens is 1. The summed E-state index contributed by atoms with van der Waals surface area (Å²) in [5.41, 5.74) is 5.56. The molecule has 0 aromatic heterocycles. The van der Waals surface area contributed by atoms with Gasteiger partial charge in [0.1, 0.15) is 0 Å². The van der Waals surface area contributed by atoms with Crippen molar-refractivity contribution in [3.8, 4) is 11.1 Å². The lowest BCUT2D eigenvalue weighted by molar-refractivity contribution is 0.992. The third-order valence-electron chi connectivity index (χ3n) is 4.20. The Morgan fingerprint density at radius 2 is 1.71 bits per heavy atom. The van der Waals surface area contributed by atoms with Crippen molar-refractivity contribution in [3.05, 3.63) is 76.3 Å². The van der Waals surface area contributed by atoms with Gasteiger partial charge in [-0.1, -0.05) is 64.5 Å². The molecule has 1 heteroatoms. The summed E-state index contributed by atoms with van der Waals surface area (Å²) in [6.07, 6.45) is 6.85. The Balaban J connectivity index is 2.05. The summed E-state index contributed by atoms with van der Waals surface area (Å²) >= 11 is 3.52. The Morgan fingerprint density at radius 3 is 2.57 bits per heavy atom. The van der Waals surface area contributed by atoms with Crippen LogP contribution in [0.2, 0.25) is 0 Å². The van der Waals surface area contributed by atoms with Crippen molar-refractivity contribution >= 4 is 32.8 Å². The minimum absolute atomic E-state index is 1.13. The van der Waals surface area contributed by atoms with Crippen LogP contribution in [0.5, 0.6) is 0 Å². The first-order chi connectivity index (χ1) is 10.3. The van der Waals surface area contributed by atoms with Crippen molar-refractivity contribution in [3.63, 3.8) is 0 Å². The first kappa shape index (κ1) is 12.8. The van der Waals surface area contributed by atoms with Crippen LogP contribution in [0, 0.1) is 0 Å². The molecule has 0 saturated heterocycles. The van der Waals surface area contributed by atoms with Gasteiger partial charge in [-0.25, -0.2) is 0 Å². The van der Waals surface area contributed by atoms with Crippen LogP contribution in [-0.4, -0.2) is 0 Å². The molecule has 0 amide bonds. The summed E-state index contributed by atoms with van der Waals surface area (Å²) in [5, 5.41) is 2.69. The molecule has 3 aromatic carbocycles. The van der Waals surface area contributed by atoms with Crippen LogP contribution in [0.3, 0.4) is 0 Å². The van der Waals surface area contributed by atoms with Gasteiger partial charge in [-0.2, -0.15) is 0 Å². The van der Waals surface area contributed by atoms with E-state index >= 15 is 0 Å². The van der Waals surface area contributed by atoms with E-state index in [0.29, 0.717) is 0 Å². The molecule has 1 aliphatic carbocycles. The Bertz CT molecular complexity index is 842. The summed E-state index contributed by atoms with van der Waals surface area (Å²) in [6.45, 7) is 0. The molecule has 0 bridgehead atoms. The molecule has 21 heavy (non-hydrogen) atoms. The van der Waals surface area contributed by atoms with Gasteiger partial charge in [0.25, 0.3) is 0 Å². The molecular weight excluding hydrogens is 320 g/mol. The van der Waals surface area contributed by atoms with Gasteiger partial charge in [-0.15, -0.1) is 0 Å². The summed E-state index contributed by atoms with van der Waals surface area (Å²) in [5.74, 6) is 0. The lowest BCUT2D eigenvalue weighted by Crippen LogP contribution is -1.99. The largest absolute Gasteiger partial charge is 0.0836 e. The van der Waals surface area contributed by atoms with E-state index in [2.05, 4.69) is 82.7 Å². The topological polar surface area (TPSA) is 0 Å². The quantitative estimate of drug-likeness (QED) is 0.494. The second-order valence-electron chi connectivity index (χ2n) is 5.49. The number of hydrogen-bond donors (Lipinski definition) is 0. The third kappa shape index (κ3) is 2.22. The van der Waals surface area contributed by atoms with E-state index in [0.717, 1.165) is 17.3 Å². The van der Waals surface area contributed by atoms with E-state index in [4.69, 9.17) is 0 Å². The van der Waals surface area contributed by atoms with E-state index in [-0.39, 0.29) is 0 Å². The van der Waals surface area contributed by atoms with Crippen molar-refractivity contribution in [1.29, 1.82) is 0 Å². The highest BCUT2D eigenvalue weighted by molar-refractivity contribution is 9.10. The average molecular weight is 335 g/mol. The van der Waals surface area contributed by atoms with Crippen LogP contribution in [-0.2, 0) is 6.42 Å². The van der Waals surface area contributed by atoms with Crippen LogP contribution in [0.4, 0.5) is 0 Å². The molecule has 0 radical (unpaired) electrons. The molecular formula is C20H15Br. The Morgan fingerprint density at radius 1 is 0.905 bits per heavy atom. The highest BCUT2D eigenvalue weighted by Crippen LogP contribution is 2.36. The molecule has 0 heterocycles. The number of benzene rings is 3. The minimum atomic E-state index is 1.13. The summed E-state index contributed by atoms with van der Waals surface area (Å²) in [4.78, 5) is 0. The normalized spacial score (nSPS) is 13.4. The zero-order valence-corrected chi connectivity index (χ0v) is 13.2. The Kier molecular flexibility index (Phi) is 3.16. The maximum Gasteiger partial charge on any atom is 0.0175 e. The van der Waals surface area contributed by atoms with Gasteiger partial charge < -0.3 is 0 Å². The highest BCUT2D eigenvalue weighted by Gasteiger charge is 2.14. The predicted octanol–water partition coefficient (Wildman–Crippen LogP) is 6.23. The average Bonchev–Trinajstić information content (AvgIpc) is 2.55. The fourth-order valence-electron chi connectivity index (χ4n) is 3.19. The van der Waals surface area contributed by atoms with Gasteiger partial charge >= 0.3 is 0 Å².